The van der Waals surface area contributed by atoms with Gasteiger partial charge in [-0.15, -0.1) is 0 Å². The van der Waals surface area contributed by atoms with Gasteiger partial charge in [0.1, 0.15) is 0 Å². The number of carbonyl (C=O) groups excluding carboxylic acids is 2. The molecule has 2 heterocycles. The van der Waals surface area contributed by atoms with Crippen LogP contribution in [0.3, 0.4) is 0 Å². The third kappa shape index (κ3) is 3.47. The first-order valence-electron chi connectivity index (χ1n) is 9.86. The third-order valence-corrected chi connectivity index (χ3v) is 5.69. The summed E-state index contributed by atoms with van der Waals surface area (Å²) in [6.45, 7) is 0.972. The maximum absolute atomic E-state index is 13.3. The average Bonchev–Trinajstić information content (AvgIpc) is 3.11. The van der Waals surface area contributed by atoms with Crippen molar-refractivity contribution < 1.29 is 19.1 Å². The van der Waals surface area contributed by atoms with Gasteiger partial charge in [-0.3, -0.25) is 9.69 Å². The number of likely N-dealkylation sites (N-methyl/N-ethyl adjacent to an activating group) is 1. The molecule has 7 heteroatoms. The standard InChI is InChI=1S/C23H25N3O4/c1-25-17-14-26(12-11-15-9-10-18(29-2)19(13-15)30-3)22(27)20(17)21(24-23(25)28)16-7-5-4-6-8-16/h4-10,13,21H,11-12,14H2,1-3H3,(H,24,28)/t21-/m1/s1. The number of amides is 3. The average molecular weight is 407 g/mol. The molecule has 1 atom stereocenters. The second kappa shape index (κ2) is 8.10. The number of ether oxygens (including phenoxy) is 2. The van der Waals surface area contributed by atoms with Crippen molar-refractivity contribution in [3.05, 3.63) is 70.9 Å². The maximum Gasteiger partial charge on any atom is 0.322 e. The van der Waals surface area contributed by atoms with E-state index in [2.05, 4.69) is 5.32 Å². The van der Waals surface area contributed by atoms with Crippen LogP contribution in [0.4, 0.5) is 4.79 Å². The van der Waals surface area contributed by atoms with Crippen molar-refractivity contribution in [1.82, 2.24) is 15.1 Å². The van der Waals surface area contributed by atoms with E-state index < -0.39 is 6.04 Å². The van der Waals surface area contributed by atoms with Crippen LogP contribution in [0.5, 0.6) is 11.5 Å². The molecule has 0 spiro atoms. The minimum absolute atomic E-state index is 0.0359. The predicted octanol–water partition coefficient (Wildman–Crippen LogP) is 2.74. The van der Waals surface area contributed by atoms with Crippen LogP contribution in [0.1, 0.15) is 17.2 Å². The largest absolute Gasteiger partial charge is 0.493 e. The highest BCUT2D eigenvalue weighted by Crippen LogP contribution is 2.35. The summed E-state index contributed by atoms with van der Waals surface area (Å²) in [5.41, 5.74) is 3.37. The lowest BCUT2D eigenvalue weighted by atomic mass is 9.96. The molecule has 2 aromatic carbocycles. The van der Waals surface area contributed by atoms with Gasteiger partial charge in [-0.2, -0.15) is 0 Å². The van der Waals surface area contributed by atoms with E-state index in [-0.39, 0.29) is 11.9 Å². The van der Waals surface area contributed by atoms with E-state index in [0.717, 1.165) is 16.8 Å². The van der Waals surface area contributed by atoms with Crippen LogP contribution in [-0.2, 0) is 11.2 Å². The molecule has 0 unspecified atom stereocenters. The molecule has 3 amide bonds. The number of nitrogens with zero attached hydrogens (tertiary/aromatic N) is 2. The highest BCUT2D eigenvalue weighted by molar-refractivity contribution is 6.01. The predicted molar refractivity (Wildman–Crippen MR) is 112 cm³/mol. The van der Waals surface area contributed by atoms with Crippen molar-refractivity contribution in [1.29, 1.82) is 0 Å². The monoisotopic (exact) mass is 407 g/mol. The number of benzene rings is 2. The minimum Gasteiger partial charge on any atom is -0.493 e. The number of carbonyl (C=O) groups is 2. The second-order valence-electron chi connectivity index (χ2n) is 7.38. The Labute approximate surface area is 175 Å². The fraction of sp³-hybridized carbons (Fsp3) is 0.304. The third-order valence-electron chi connectivity index (χ3n) is 5.69. The van der Waals surface area contributed by atoms with Gasteiger partial charge in [0.25, 0.3) is 5.91 Å². The molecule has 0 aromatic heterocycles. The summed E-state index contributed by atoms with van der Waals surface area (Å²) in [4.78, 5) is 29.1. The summed E-state index contributed by atoms with van der Waals surface area (Å²) in [5, 5.41) is 2.96. The van der Waals surface area contributed by atoms with Crippen LogP contribution >= 0.6 is 0 Å². The van der Waals surface area contributed by atoms with Gasteiger partial charge in [-0.25, -0.2) is 4.79 Å². The van der Waals surface area contributed by atoms with Gasteiger partial charge in [0.05, 0.1) is 38.1 Å². The molecule has 30 heavy (non-hydrogen) atoms. The lowest BCUT2D eigenvalue weighted by molar-refractivity contribution is -0.125. The maximum atomic E-state index is 13.3. The summed E-state index contributed by atoms with van der Waals surface area (Å²) >= 11 is 0. The molecule has 2 aromatic rings. The second-order valence-corrected chi connectivity index (χ2v) is 7.38. The number of hydrogen-bond donors (Lipinski definition) is 1. The molecule has 0 fully saturated rings. The van der Waals surface area contributed by atoms with Gasteiger partial charge in [0, 0.05) is 13.6 Å². The molecular weight excluding hydrogens is 382 g/mol. The molecule has 0 saturated heterocycles. The number of hydrogen-bond acceptors (Lipinski definition) is 4. The Balaban J connectivity index is 1.54. The Kier molecular flexibility index (Phi) is 5.35. The Morgan fingerprint density at radius 1 is 1.03 bits per heavy atom. The van der Waals surface area contributed by atoms with Crippen LogP contribution < -0.4 is 14.8 Å². The van der Waals surface area contributed by atoms with E-state index in [9.17, 15) is 9.59 Å². The van der Waals surface area contributed by atoms with E-state index in [4.69, 9.17) is 9.47 Å². The van der Waals surface area contributed by atoms with E-state index in [1.54, 1.807) is 31.1 Å². The molecule has 0 radical (unpaired) electrons. The van der Waals surface area contributed by atoms with Gasteiger partial charge in [-0.05, 0) is 29.7 Å². The van der Waals surface area contributed by atoms with Gasteiger partial charge in [0.2, 0.25) is 0 Å². The highest BCUT2D eigenvalue weighted by atomic mass is 16.5. The SMILES string of the molecule is COc1ccc(CCN2CC3=C(C2=O)[C@@H](c2ccccc2)NC(=O)N3C)cc1OC. The van der Waals surface area contributed by atoms with Crippen LogP contribution in [0, 0.1) is 0 Å². The Morgan fingerprint density at radius 3 is 2.47 bits per heavy atom. The molecule has 2 aliphatic rings. The summed E-state index contributed by atoms with van der Waals surface area (Å²) < 4.78 is 10.7. The van der Waals surface area contributed by atoms with Crippen LogP contribution in [0.25, 0.3) is 0 Å². The summed E-state index contributed by atoms with van der Waals surface area (Å²) in [6.07, 6.45) is 0.674. The fourth-order valence-corrected chi connectivity index (χ4v) is 4.00. The van der Waals surface area contributed by atoms with Crippen LogP contribution in [-0.4, -0.2) is 56.1 Å². The van der Waals surface area contributed by atoms with Crippen LogP contribution in [0.15, 0.2) is 59.8 Å². The zero-order chi connectivity index (χ0) is 21.3. The summed E-state index contributed by atoms with van der Waals surface area (Å²) in [6, 6.07) is 14.7. The first kappa shape index (κ1) is 19.8. The smallest absolute Gasteiger partial charge is 0.322 e. The van der Waals surface area contributed by atoms with Crippen molar-refractivity contribution in [3.63, 3.8) is 0 Å². The van der Waals surface area contributed by atoms with E-state index >= 15 is 0 Å². The summed E-state index contributed by atoms with van der Waals surface area (Å²) in [7, 11) is 4.91. The van der Waals surface area contributed by atoms with Crippen molar-refractivity contribution in [3.8, 4) is 11.5 Å². The Morgan fingerprint density at radius 2 is 1.77 bits per heavy atom. The lowest BCUT2D eigenvalue weighted by Crippen LogP contribution is -2.45. The van der Waals surface area contributed by atoms with Gasteiger partial charge in [0.15, 0.2) is 11.5 Å². The quantitative estimate of drug-likeness (QED) is 0.799. The van der Waals surface area contributed by atoms with Crippen LogP contribution in [0.2, 0.25) is 0 Å². The molecule has 2 aliphatic heterocycles. The van der Waals surface area contributed by atoms with Gasteiger partial charge >= 0.3 is 6.03 Å². The molecule has 156 valence electrons. The number of rotatable bonds is 6. The molecule has 0 bridgehead atoms. The first-order valence-corrected chi connectivity index (χ1v) is 9.86. The number of nitrogens with one attached hydrogen (secondary N) is 1. The lowest BCUT2D eigenvalue weighted by Gasteiger charge is -2.31. The molecule has 1 N–H and O–H groups in total. The van der Waals surface area contributed by atoms with Crippen molar-refractivity contribution >= 4 is 11.9 Å². The minimum atomic E-state index is -0.427. The van der Waals surface area contributed by atoms with Gasteiger partial charge in [-0.1, -0.05) is 36.4 Å². The van der Waals surface area contributed by atoms with E-state index in [0.29, 0.717) is 36.6 Å². The van der Waals surface area contributed by atoms with Crippen molar-refractivity contribution in [2.45, 2.75) is 12.5 Å². The normalized spacial score (nSPS) is 18.4. The molecule has 0 saturated carbocycles. The number of methoxy groups -OCH3 is 2. The van der Waals surface area contributed by atoms with Gasteiger partial charge < -0.3 is 19.7 Å². The van der Waals surface area contributed by atoms with Crippen molar-refractivity contribution in [2.75, 3.05) is 34.4 Å². The Bertz CT molecular complexity index is 1000. The zero-order valence-corrected chi connectivity index (χ0v) is 17.3. The van der Waals surface area contributed by atoms with Crippen molar-refractivity contribution in [2.24, 2.45) is 0 Å². The molecule has 7 nitrogen and oxygen atoms in total. The number of urea groups is 1. The Hall–Kier alpha value is -3.48. The summed E-state index contributed by atoms with van der Waals surface area (Å²) in [5.74, 6) is 1.30. The molecule has 4 rings (SSSR count). The fourth-order valence-electron chi connectivity index (χ4n) is 4.00. The topological polar surface area (TPSA) is 71.1 Å². The highest BCUT2D eigenvalue weighted by Gasteiger charge is 2.42. The zero-order valence-electron chi connectivity index (χ0n) is 17.3. The first-order chi connectivity index (χ1) is 14.5. The van der Waals surface area contributed by atoms with E-state index in [1.807, 2.05) is 48.5 Å². The molecular formula is C23H25N3O4. The van der Waals surface area contributed by atoms with E-state index in [1.165, 1.54) is 0 Å². The molecule has 0 aliphatic carbocycles.